The van der Waals surface area contributed by atoms with E-state index in [-0.39, 0.29) is 22.1 Å². The van der Waals surface area contributed by atoms with Gasteiger partial charge in [0.1, 0.15) is 10.6 Å². The van der Waals surface area contributed by atoms with Crippen molar-refractivity contribution in [1.29, 1.82) is 0 Å². The Labute approximate surface area is 189 Å². The van der Waals surface area contributed by atoms with E-state index in [0.717, 1.165) is 16.9 Å². The normalized spacial score (nSPS) is 11.9. The van der Waals surface area contributed by atoms with Gasteiger partial charge in [-0.1, -0.05) is 23.3 Å². The first-order chi connectivity index (χ1) is 15.1. The molecule has 0 aliphatic heterocycles. The number of rotatable bonds is 13. The van der Waals surface area contributed by atoms with E-state index >= 15 is 0 Å². The molecule has 32 heavy (non-hydrogen) atoms. The van der Waals surface area contributed by atoms with Crippen molar-refractivity contribution in [1.82, 2.24) is 15.7 Å². The van der Waals surface area contributed by atoms with E-state index in [0.29, 0.717) is 19.4 Å². The third-order valence-electron chi connectivity index (χ3n) is 4.43. The zero-order valence-electron chi connectivity index (χ0n) is 18.6. The Morgan fingerprint density at radius 2 is 1.62 bits per heavy atom. The Bertz CT molecular complexity index is 1120. The summed E-state index contributed by atoms with van der Waals surface area (Å²) in [5.74, 6) is 0.654. The molecular weight excluding hydrogens is 456 g/mol. The highest BCUT2D eigenvalue weighted by Crippen LogP contribution is 2.27. The van der Waals surface area contributed by atoms with Crippen LogP contribution >= 0.6 is 0 Å². The fourth-order valence-electron chi connectivity index (χ4n) is 2.85. The molecule has 0 heterocycles. The zero-order valence-corrected chi connectivity index (χ0v) is 20.2. The van der Waals surface area contributed by atoms with Gasteiger partial charge in [-0.2, -0.15) is 0 Å². The molecule has 0 amide bonds. The Morgan fingerprint density at radius 3 is 2.28 bits per heavy atom. The van der Waals surface area contributed by atoms with Crippen molar-refractivity contribution in [2.24, 2.45) is 0 Å². The highest BCUT2D eigenvalue weighted by Gasteiger charge is 2.20. The number of hydrazine groups is 1. The quantitative estimate of drug-likeness (QED) is 0.249. The van der Waals surface area contributed by atoms with Crippen LogP contribution in [0.2, 0.25) is 0 Å². The molecule has 0 fully saturated rings. The fourth-order valence-corrected chi connectivity index (χ4v) is 4.90. The Balaban J connectivity index is 1.96. The molecule has 0 saturated carbocycles. The van der Waals surface area contributed by atoms with Crippen molar-refractivity contribution in [3.63, 3.8) is 0 Å². The van der Waals surface area contributed by atoms with E-state index in [1.54, 1.807) is 7.05 Å². The van der Waals surface area contributed by atoms with E-state index in [1.807, 2.05) is 32.0 Å². The molecule has 0 atom stereocenters. The molecule has 0 saturated heterocycles. The highest BCUT2D eigenvalue weighted by molar-refractivity contribution is 7.92. The summed E-state index contributed by atoms with van der Waals surface area (Å²) in [6, 6.07) is 9.85. The fraction of sp³-hybridized carbons (Fsp3) is 0.400. The second-order valence-electron chi connectivity index (χ2n) is 7.07. The topological polar surface area (TPSA) is 135 Å². The number of benzene rings is 2. The third-order valence-corrected chi connectivity index (χ3v) is 7.24. The van der Waals surface area contributed by atoms with Crippen molar-refractivity contribution in [3.05, 3.63) is 47.5 Å². The smallest absolute Gasteiger partial charge is 0.244 e. The minimum atomic E-state index is -3.89. The lowest BCUT2D eigenvalue weighted by atomic mass is 10.1. The van der Waals surface area contributed by atoms with Crippen LogP contribution in [0, 0.1) is 13.8 Å². The number of hydrogen-bond donors (Lipinski definition) is 4. The summed E-state index contributed by atoms with van der Waals surface area (Å²) >= 11 is 0. The van der Waals surface area contributed by atoms with Gasteiger partial charge in [0, 0.05) is 7.05 Å². The predicted molar refractivity (Wildman–Crippen MR) is 124 cm³/mol. The number of nitrogens with one attached hydrogen (secondary N) is 4. The second-order valence-corrected chi connectivity index (χ2v) is 10.8. The van der Waals surface area contributed by atoms with E-state index in [4.69, 9.17) is 9.57 Å². The molecule has 10 nitrogen and oxygen atoms in total. The van der Waals surface area contributed by atoms with Crippen LogP contribution in [0.3, 0.4) is 0 Å². The van der Waals surface area contributed by atoms with Crippen LogP contribution in [0.25, 0.3) is 0 Å². The standard InChI is InChI=1S/C20H30N4O6S2/c1-15-7-9-18(16(2)13-15)29-11-5-6-12-31(25,26)23-17-8-10-19(30-24-21-3)20(14-17)32(27,28)22-4/h7-10,13-14,21-24H,5-6,11-12H2,1-4H3. The first kappa shape index (κ1) is 25.9. The molecule has 2 aromatic carbocycles. The number of anilines is 1. The summed E-state index contributed by atoms with van der Waals surface area (Å²) in [5.41, 5.74) is 7.13. The van der Waals surface area contributed by atoms with Crippen LogP contribution in [0.5, 0.6) is 11.5 Å². The Kier molecular flexibility index (Phi) is 9.28. The zero-order chi connectivity index (χ0) is 23.8. The van der Waals surface area contributed by atoms with E-state index in [2.05, 4.69) is 20.5 Å². The van der Waals surface area contributed by atoms with Gasteiger partial charge >= 0.3 is 0 Å². The number of hydrogen-bond acceptors (Lipinski definition) is 8. The maximum atomic E-state index is 12.4. The molecular formula is C20H30N4O6S2. The summed E-state index contributed by atoms with van der Waals surface area (Å²) in [6.07, 6.45) is 0.936. The molecule has 0 bridgehead atoms. The first-order valence-electron chi connectivity index (χ1n) is 9.94. The second kappa shape index (κ2) is 11.5. The summed E-state index contributed by atoms with van der Waals surface area (Å²) in [5, 5.41) is 0. The predicted octanol–water partition coefficient (Wildman–Crippen LogP) is 1.83. The van der Waals surface area contributed by atoms with Gasteiger partial charge < -0.3 is 9.57 Å². The van der Waals surface area contributed by atoms with Gasteiger partial charge in [0.25, 0.3) is 0 Å². The molecule has 178 valence electrons. The van der Waals surface area contributed by atoms with Crippen LogP contribution in [0.4, 0.5) is 5.69 Å². The minimum absolute atomic E-state index is 0.000181. The summed E-state index contributed by atoms with van der Waals surface area (Å²) < 4.78 is 59.8. The SMILES string of the molecule is CNNOc1ccc(NS(=O)(=O)CCCCOc2ccc(C)cc2C)cc1S(=O)(=O)NC. The van der Waals surface area contributed by atoms with E-state index in [1.165, 1.54) is 25.2 Å². The average Bonchev–Trinajstić information content (AvgIpc) is 2.73. The number of sulfonamides is 2. The molecule has 0 aliphatic carbocycles. The maximum Gasteiger partial charge on any atom is 0.244 e. The van der Waals surface area contributed by atoms with Crippen molar-refractivity contribution in [2.75, 3.05) is 31.2 Å². The third kappa shape index (κ3) is 7.64. The highest BCUT2D eigenvalue weighted by atomic mass is 32.2. The molecule has 4 N–H and O–H groups in total. The average molecular weight is 487 g/mol. The van der Waals surface area contributed by atoms with Gasteiger partial charge in [-0.05, 0) is 63.6 Å². The van der Waals surface area contributed by atoms with E-state index in [9.17, 15) is 16.8 Å². The summed E-state index contributed by atoms with van der Waals surface area (Å²) in [7, 11) is -4.78. The molecule has 0 aromatic heterocycles. The number of unbranched alkanes of at least 4 members (excludes halogenated alkanes) is 1. The van der Waals surface area contributed by atoms with Gasteiger partial charge in [-0.15, -0.1) is 0 Å². The van der Waals surface area contributed by atoms with Crippen LogP contribution < -0.4 is 30.0 Å². The van der Waals surface area contributed by atoms with Crippen molar-refractivity contribution in [2.45, 2.75) is 31.6 Å². The number of aryl methyl sites for hydroxylation is 2. The van der Waals surface area contributed by atoms with Gasteiger partial charge in [-0.3, -0.25) is 4.72 Å². The Hall–Kier alpha value is -2.38. The molecule has 12 heteroatoms. The van der Waals surface area contributed by atoms with Crippen LogP contribution in [-0.2, 0) is 20.0 Å². The minimum Gasteiger partial charge on any atom is -0.493 e. The van der Waals surface area contributed by atoms with Gasteiger partial charge in [0.2, 0.25) is 20.0 Å². The molecule has 0 spiro atoms. The Morgan fingerprint density at radius 1 is 0.906 bits per heavy atom. The summed E-state index contributed by atoms with van der Waals surface area (Å²) in [4.78, 5) is 4.91. The lowest BCUT2D eigenvalue weighted by Crippen LogP contribution is -2.32. The van der Waals surface area contributed by atoms with E-state index < -0.39 is 20.0 Å². The van der Waals surface area contributed by atoms with Gasteiger partial charge in [-0.25, -0.2) is 27.0 Å². The summed E-state index contributed by atoms with van der Waals surface area (Å²) in [6.45, 7) is 4.37. The molecule has 0 unspecified atom stereocenters. The van der Waals surface area contributed by atoms with Crippen molar-refractivity contribution >= 4 is 25.7 Å². The van der Waals surface area contributed by atoms with Crippen LogP contribution in [0.15, 0.2) is 41.3 Å². The van der Waals surface area contributed by atoms with Crippen LogP contribution in [-0.4, -0.2) is 43.3 Å². The lowest BCUT2D eigenvalue weighted by Gasteiger charge is -2.14. The van der Waals surface area contributed by atoms with Crippen molar-refractivity contribution in [3.8, 4) is 11.5 Å². The first-order valence-corrected chi connectivity index (χ1v) is 13.1. The van der Waals surface area contributed by atoms with Crippen LogP contribution in [0.1, 0.15) is 24.0 Å². The molecule has 0 radical (unpaired) electrons. The monoisotopic (exact) mass is 486 g/mol. The molecule has 2 rings (SSSR count). The van der Waals surface area contributed by atoms with Gasteiger partial charge in [0.05, 0.1) is 18.0 Å². The largest absolute Gasteiger partial charge is 0.493 e. The maximum absolute atomic E-state index is 12.4. The number of ether oxygens (including phenoxy) is 1. The molecule has 0 aliphatic rings. The lowest BCUT2D eigenvalue weighted by molar-refractivity contribution is 0.155. The van der Waals surface area contributed by atoms with Crippen molar-refractivity contribution < 1.29 is 26.4 Å². The van der Waals surface area contributed by atoms with Gasteiger partial charge in [0.15, 0.2) is 5.75 Å². The molecule has 2 aromatic rings.